The van der Waals surface area contributed by atoms with E-state index in [2.05, 4.69) is 9.97 Å². The van der Waals surface area contributed by atoms with Crippen molar-refractivity contribution < 1.29 is 22.3 Å². The van der Waals surface area contributed by atoms with Gasteiger partial charge < -0.3 is 4.74 Å². The maximum Gasteiger partial charge on any atom is 0.216 e. The van der Waals surface area contributed by atoms with Gasteiger partial charge in [0.05, 0.1) is 13.5 Å². The lowest BCUT2D eigenvalue weighted by Gasteiger charge is -2.08. The second-order valence-corrected chi connectivity index (χ2v) is 8.08. The highest BCUT2D eigenvalue weighted by molar-refractivity contribution is 14.1. The van der Waals surface area contributed by atoms with Gasteiger partial charge in [-0.05, 0) is 41.6 Å². The number of Topliss-reactive ketones (excluding diaryl/α,β-unsaturated/α-hetero) is 1. The molecule has 0 fully saturated rings. The van der Waals surface area contributed by atoms with E-state index in [1.807, 2.05) is 0 Å². The summed E-state index contributed by atoms with van der Waals surface area (Å²) in [5, 5.41) is 0. The van der Waals surface area contributed by atoms with E-state index in [-0.39, 0.29) is 21.7 Å². The highest BCUT2D eigenvalue weighted by atomic mass is 127. The van der Waals surface area contributed by atoms with Crippen molar-refractivity contribution in [2.45, 2.75) is 18.2 Å². The Hall–Kier alpha value is -1.62. The number of hydrogen-bond donors (Lipinski definition) is 0. The monoisotopic (exact) mass is 464 g/mol. The van der Waals surface area contributed by atoms with Gasteiger partial charge >= 0.3 is 0 Å². The van der Waals surface area contributed by atoms with Gasteiger partial charge in [0.25, 0.3) is 0 Å². The lowest BCUT2D eigenvalue weighted by molar-refractivity contribution is -0.116. The maximum absolute atomic E-state index is 13.8. The summed E-state index contributed by atoms with van der Waals surface area (Å²) in [5.41, 5.74) is 0.594. The molecule has 1 aromatic heterocycles. The van der Waals surface area contributed by atoms with Crippen LogP contribution >= 0.6 is 22.6 Å². The Bertz CT molecular complexity index is 867. The minimum atomic E-state index is -4.09. The van der Waals surface area contributed by atoms with Crippen LogP contribution in [0.3, 0.4) is 0 Å². The quantitative estimate of drug-likeness (QED) is 0.609. The van der Waals surface area contributed by atoms with E-state index in [4.69, 9.17) is 4.74 Å². The van der Waals surface area contributed by atoms with Crippen LogP contribution in [0.4, 0.5) is 4.39 Å². The zero-order valence-corrected chi connectivity index (χ0v) is 15.9. The third-order valence-corrected chi connectivity index (χ3v) is 6.03. The predicted molar refractivity (Wildman–Crippen MR) is 93.2 cm³/mol. The molecular weight excluding hydrogens is 450 g/mol. The summed E-state index contributed by atoms with van der Waals surface area (Å²) >= 11 is 1.72. The van der Waals surface area contributed by atoms with Crippen LogP contribution in [-0.4, -0.2) is 37.0 Å². The molecule has 2 aromatic rings. The van der Waals surface area contributed by atoms with Gasteiger partial charge in [0.1, 0.15) is 22.3 Å². The van der Waals surface area contributed by atoms with Gasteiger partial charge in [-0.15, -0.1) is 0 Å². The molecular formula is C15H14FIN2O4S. The minimum Gasteiger partial charge on any atom is -0.481 e. The smallest absolute Gasteiger partial charge is 0.216 e. The van der Waals surface area contributed by atoms with Crippen molar-refractivity contribution in [2.24, 2.45) is 0 Å². The Labute approximate surface area is 152 Å². The first-order chi connectivity index (χ1) is 11.2. The highest BCUT2D eigenvalue weighted by Gasteiger charge is 2.26. The van der Waals surface area contributed by atoms with E-state index in [0.717, 1.165) is 6.07 Å². The number of rotatable bonds is 6. The molecule has 1 aromatic carbocycles. The average molecular weight is 464 g/mol. The molecule has 0 unspecified atom stereocenters. The number of halogens is 2. The molecule has 0 aliphatic heterocycles. The van der Waals surface area contributed by atoms with Crippen LogP contribution in [0.1, 0.15) is 11.5 Å². The van der Waals surface area contributed by atoms with E-state index in [0.29, 0.717) is 5.69 Å². The van der Waals surface area contributed by atoms with Crippen molar-refractivity contribution in [2.75, 3.05) is 12.9 Å². The zero-order chi connectivity index (χ0) is 17.9. The van der Waals surface area contributed by atoms with E-state index in [9.17, 15) is 17.6 Å². The number of ketones is 1. The molecule has 0 aliphatic rings. The first-order valence-electron chi connectivity index (χ1n) is 6.80. The molecule has 0 N–H and O–H groups in total. The van der Waals surface area contributed by atoms with Crippen molar-refractivity contribution in [3.05, 3.63) is 45.2 Å². The lowest BCUT2D eigenvalue weighted by atomic mass is 10.3. The fourth-order valence-corrected chi connectivity index (χ4v) is 4.95. The second kappa shape index (κ2) is 7.51. The van der Waals surface area contributed by atoms with Gasteiger partial charge in [-0.1, -0.05) is 6.07 Å². The normalized spacial score (nSPS) is 11.3. The molecule has 0 saturated carbocycles. The Morgan fingerprint density at radius 1 is 1.33 bits per heavy atom. The van der Waals surface area contributed by atoms with E-state index in [1.165, 1.54) is 19.2 Å². The van der Waals surface area contributed by atoms with Crippen LogP contribution in [0.25, 0.3) is 0 Å². The number of aryl methyl sites for hydroxylation is 1. The fourth-order valence-electron chi connectivity index (χ4n) is 2.07. The van der Waals surface area contributed by atoms with Gasteiger partial charge in [-0.25, -0.2) is 17.8 Å². The molecule has 2 rings (SSSR count). The number of benzene rings is 1. The molecule has 0 amide bonds. The number of ether oxygens (including phenoxy) is 1. The standard InChI is InChI=1S/C15H14FIN2O4S/c1-9-6-14(23-2)19-13(18-9)7-10(20)8-24(21,22)15-11(16)4-3-5-12(15)17/h3-6H,7-8H2,1-2H3. The first kappa shape index (κ1) is 18.7. The number of carbonyl (C=O) groups excluding carboxylic acids is 1. The van der Waals surface area contributed by atoms with E-state index >= 15 is 0 Å². The van der Waals surface area contributed by atoms with Crippen LogP contribution < -0.4 is 4.74 Å². The van der Waals surface area contributed by atoms with Gasteiger partial charge in [0.2, 0.25) is 5.88 Å². The summed E-state index contributed by atoms with van der Waals surface area (Å²) in [4.78, 5) is 19.7. The first-order valence-corrected chi connectivity index (χ1v) is 9.53. The summed E-state index contributed by atoms with van der Waals surface area (Å²) < 4.78 is 43.7. The third-order valence-electron chi connectivity index (χ3n) is 3.02. The zero-order valence-electron chi connectivity index (χ0n) is 12.9. The number of nitrogens with zero attached hydrogens (tertiary/aromatic N) is 2. The Morgan fingerprint density at radius 2 is 2.04 bits per heavy atom. The molecule has 9 heteroatoms. The molecule has 6 nitrogen and oxygen atoms in total. The number of hydrogen-bond acceptors (Lipinski definition) is 6. The van der Waals surface area contributed by atoms with Gasteiger partial charge in [-0.2, -0.15) is 4.98 Å². The second-order valence-electron chi connectivity index (χ2n) is 4.99. The highest BCUT2D eigenvalue weighted by Crippen LogP contribution is 2.23. The largest absolute Gasteiger partial charge is 0.481 e. The Balaban J connectivity index is 2.22. The summed E-state index contributed by atoms with van der Waals surface area (Å²) in [7, 11) is -2.66. The summed E-state index contributed by atoms with van der Waals surface area (Å²) in [6.45, 7) is 1.70. The molecule has 0 saturated heterocycles. The molecule has 0 radical (unpaired) electrons. The van der Waals surface area contributed by atoms with Crippen molar-refractivity contribution in [1.82, 2.24) is 9.97 Å². The lowest BCUT2D eigenvalue weighted by Crippen LogP contribution is -2.21. The number of aromatic nitrogens is 2. The third kappa shape index (κ3) is 4.47. The van der Waals surface area contributed by atoms with Crippen molar-refractivity contribution in [1.29, 1.82) is 0 Å². The molecule has 1 heterocycles. The molecule has 24 heavy (non-hydrogen) atoms. The summed E-state index contributed by atoms with van der Waals surface area (Å²) in [5.74, 6) is -1.86. The number of sulfone groups is 1. The van der Waals surface area contributed by atoms with Crippen LogP contribution in [0.15, 0.2) is 29.2 Å². The van der Waals surface area contributed by atoms with Gasteiger partial charge in [0, 0.05) is 15.3 Å². The Kier molecular flexibility index (Phi) is 5.86. The van der Waals surface area contributed by atoms with E-state index in [1.54, 1.807) is 35.6 Å². The molecule has 128 valence electrons. The summed E-state index contributed by atoms with van der Waals surface area (Å²) in [6.07, 6.45) is -0.275. The topological polar surface area (TPSA) is 86.2 Å². The van der Waals surface area contributed by atoms with Crippen LogP contribution in [0, 0.1) is 16.3 Å². The predicted octanol–water partition coefficient (Wildman–Crippen LogP) is 2.12. The van der Waals surface area contributed by atoms with Crippen molar-refractivity contribution >= 4 is 38.2 Å². The minimum absolute atomic E-state index is 0.162. The Morgan fingerprint density at radius 3 is 2.67 bits per heavy atom. The van der Waals surface area contributed by atoms with E-state index < -0.39 is 32.1 Å². The fraction of sp³-hybridized carbons (Fsp3) is 0.267. The SMILES string of the molecule is COc1cc(C)nc(CC(=O)CS(=O)(=O)c2c(F)cccc2I)n1. The molecule has 0 atom stereocenters. The average Bonchev–Trinajstić information content (AvgIpc) is 2.45. The van der Waals surface area contributed by atoms with Gasteiger partial charge in [-0.3, -0.25) is 4.79 Å². The molecule has 0 aliphatic carbocycles. The number of methoxy groups -OCH3 is 1. The van der Waals surface area contributed by atoms with Crippen molar-refractivity contribution in [3.8, 4) is 5.88 Å². The van der Waals surface area contributed by atoms with Crippen LogP contribution in [0.2, 0.25) is 0 Å². The maximum atomic E-state index is 13.8. The van der Waals surface area contributed by atoms with Gasteiger partial charge in [0.15, 0.2) is 15.6 Å². The summed E-state index contributed by atoms with van der Waals surface area (Å²) in [6, 6.07) is 5.51. The van der Waals surface area contributed by atoms with Crippen LogP contribution in [-0.2, 0) is 21.1 Å². The van der Waals surface area contributed by atoms with Crippen molar-refractivity contribution in [3.63, 3.8) is 0 Å². The molecule has 0 bridgehead atoms. The van der Waals surface area contributed by atoms with Crippen LogP contribution in [0.5, 0.6) is 5.88 Å². The number of carbonyl (C=O) groups is 1. The molecule has 0 spiro atoms.